The van der Waals surface area contributed by atoms with Crippen molar-refractivity contribution in [2.24, 2.45) is 10.9 Å². The smallest absolute Gasteiger partial charge is 0.193 e. The van der Waals surface area contributed by atoms with Crippen molar-refractivity contribution in [1.29, 1.82) is 0 Å². The first-order valence-corrected chi connectivity index (χ1v) is 10.4. The third-order valence-electron chi connectivity index (χ3n) is 4.92. The molecule has 1 aromatic carbocycles. The summed E-state index contributed by atoms with van der Waals surface area (Å²) in [5.41, 5.74) is 1.21. The molecule has 1 aliphatic rings. The second-order valence-corrected chi connectivity index (χ2v) is 7.44. The van der Waals surface area contributed by atoms with Gasteiger partial charge in [0.15, 0.2) is 5.96 Å². The monoisotopic (exact) mass is 391 g/mol. The number of rotatable bonds is 11. The quantitative estimate of drug-likeness (QED) is 0.357. The molecule has 6 heteroatoms. The van der Waals surface area contributed by atoms with Gasteiger partial charge in [0.25, 0.3) is 0 Å². The van der Waals surface area contributed by atoms with Crippen molar-refractivity contribution in [2.45, 2.75) is 38.9 Å². The molecule has 1 atom stereocenters. The van der Waals surface area contributed by atoms with Crippen LogP contribution < -0.4 is 5.32 Å². The summed E-state index contributed by atoms with van der Waals surface area (Å²) in [6.07, 6.45) is 3.41. The Morgan fingerprint density at radius 2 is 1.96 bits per heavy atom. The largest absolute Gasteiger partial charge is 0.385 e. The molecule has 0 amide bonds. The fraction of sp³-hybridized carbons (Fsp3) is 0.682. The fourth-order valence-corrected chi connectivity index (χ4v) is 3.30. The van der Waals surface area contributed by atoms with Crippen LogP contribution in [-0.4, -0.2) is 70.6 Å². The van der Waals surface area contributed by atoms with E-state index >= 15 is 0 Å². The average molecular weight is 392 g/mol. The summed E-state index contributed by atoms with van der Waals surface area (Å²) >= 11 is 0. The first kappa shape index (κ1) is 22.7. The highest BCUT2D eigenvalue weighted by Crippen LogP contribution is 2.14. The van der Waals surface area contributed by atoms with Gasteiger partial charge in [0, 0.05) is 47.0 Å². The van der Waals surface area contributed by atoms with Gasteiger partial charge < -0.3 is 24.4 Å². The summed E-state index contributed by atoms with van der Waals surface area (Å²) in [7, 11) is 3.58. The number of aliphatic imine (C=N–C) groups is 1. The van der Waals surface area contributed by atoms with E-state index < -0.39 is 0 Å². The van der Waals surface area contributed by atoms with Crippen LogP contribution in [0.15, 0.2) is 35.3 Å². The summed E-state index contributed by atoms with van der Waals surface area (Å²) in [6.45, 7) is 7.96. The minimum absolute atomic E-state index is 0.358. The maximum absolute atomic E-state index is 5.94. The van der Waals surface area contributed by atoms with Gasteiger partial charge in [-0.15, -0.1) is 0 Å². The number of nitrogens with zero attached hydrogens (tertiary/aromatic N) is 2. The van der Waals surface area contributed by atoms with Gasteiger partial charge in [-0.1, -0.05) is 37.3 Å². The Hall–Kier alpha value is -1.63. The van der Waals surface area contributed by atoms with Gasteiger partial charge in [0.1, 0.15) is 0 Å². The molecule has 6 nitrogen and oxygen atoms in total. The van der Waals surface area contributed by atoms with Crippen LogP contribution in [0.4, 0.5) is 0 Å². The standard InChI is InChI=1S/C22H37N3O3/c1-19(17-27-18-20-8-5-4-6-9-20)16-24-22(23-2)25-12-10-21(11-13-25)28-15-7-14-26-3/h4-6,8-9,19,21H,7,10-18H2,1-3H3,(H,23,24). The zero-order valence-corrected chi connectivity index (χ0v) is 17.7. The van der Waals surface area contributed by atoms with Gasteiger partial charge in [0.2, 0.25) is 0 Å². The number of nitrogens with one attached hydrogen (secondary N) is 1. The van der Waals surface area contributed by atoms with Crippen molar-refractivity contribution in [1.82, 2.24) is 10.2 Å². The summed E-state index contributed by atoms with van der Waals surface area (Å²) in [5, 5.41) is 3.50. The first-order chi connectivity index (χ1) is 13.7. The molecular formula is C22H37N3O3. The summed E-state index contributed by atoms with van der Waals surface area (Å²) < 4.78 is 16.9. The lowest BCUT2D eigenvalue weighted by Crippen LogP contribution is -2.48. The molecule has 0 aliphatic carbocycles. The summed E-state index contributed by atoms with van der Waals surface area (Å²) in [5.74, 6) is 1.40. The zero-order valence-electron chi connectivity index (χ0n) is 17.7. The predicted molar refractivity (Wildman–Crippen MR) is 114 cm³/mol. The molecular weight excluding hydrogens is 354 g/mol. The van der Waals surface area contributed by atoms with Crippen molar-refractivity contribution < 1.29 is 14.2 Å². The molecule has 158 valence electrons. The lowest BCUT2D eigenvalue weighted by Gasteiger charge is -2.34. The van der Waals surface area contributed by atoms with E-state index in [1.54, 1.807) is 7.11 Å². The third kappa shape index (κ3) is 8.59. The molecule has 1 saturated heterocycles. The van der Waals surface area contributed by atoms with Crippen LogP contribution in [0.2, 0.25) is 0 Å². The van der Waals surface area contributed by atoms with Crippen LogP contribution in [0, 0.1) is 5.92 Å². The molecule has 28 heavy (non-hydrogen) atoms. The third-order valence-corrected chi connectivity index (χ3v) is 4.92. The van der Waals surface area contributed by atoms with Crippen LogP contribution >= 0.6 is 0 Å². The number of guanidine groups is 1. The van der Waals surface area contributed by atoms with Crippen LogP contribution in [-0.2, 0) is 20.8 Å². The van der Waals surface area contributed by atoms with Gasteiger partial charge in [-0.25, -0.2) is 0 Å². The number of benzene rings is 1. The Morgan fingerprint density at radius 3 is 2.64 bits per heavy atom. The van der Waals surface area contributed by atoms with Crippen molar-refractivity contribution >= 4 is 5.96 Å². The Labute approximate surface area is 170 Å². The SMILES string of the molecule is CN=C(NCC(C)COCc1ccccc1)N1CCC(OCCCOC)CC1. The molecule has 1 heterocycles. The normalized spacial score (nSPS) is 17.0. The van der Waals surface area contributed by atoms with Gasteiger partial charge in [0.05, 0.1) is 19.3 Å². The minimum Gasteiger partial charge on any atom is -0.385 e. The number of methoxy groups -OCH3 is 1. The van der Waals surface area contributed by atoms with Crippen LogP contribution in [0.1, 0.15) is 31.7 Å². The Morgan fingerprint density at radius 1 is 1.21 bits per heavy atom. The molecule has 1 aromatic rings. The van der Waals surface area contributed by atoms with Crippen molar-refractivity contribution in [2.75, 3.05) is 53.6 Å². The van der Waals surface area contributed by atoms with E-state index in [9.17, 15) is 0 Å². The van der Waals surface area contributed by atoms with Crippen LogP contribution in [0.25, 0.3) is 0 Å². The molecule has 1 aliphatic heterocycles. The fourth-order valence-electron chi connectivity index (χ4n) is 3.30. The molecule has 0 spiro atoms. The topological polar surface area (TPSA) is 55.3 Å². The lowest BCUT2D eigenvalue weighted by atomic mass is 10.1. The van der Waals surface area contributed by atoms with Crippen LogP contribution in [0.3, 0.4) is 0 Å². The summed E-state index contributed by atoms with van der Waals surface area (Å²) in [4.78, 5) is 6.78. The number of likely N-dealkylation sites (tertiary alicyclic amines) is 1. The molecule has 0 radical (unpaired) electrons. The van der Waals surface area contributed by atoms with E-state index in [2.05, 4.69) is 34.3 Å². The van der Waals surface area contributed by atoms with Gasteiger partial charge in [-0.2, -0.15) is 0 Å². The van der Waals surface area contributed by atoms with Gasteiger partial charge >= 0.3 is 0 Å². The van der Waals surface area contributed by atoms with E-state index in [1.807, 2.05) is 25.2 Å². The molecule has 2 rings (SSSR count). The first-order valence-electron chi connectivity index (χ1n) is 10.4. The van der Waals surface area contributed by atoms with E-state index in [0.717, 1.165) is 64.7 Å². The highest BCUT2D eigenvalue weighted by atomic mass is 16.5. The number of hydrogen-bond acceptors (Lipinski definition) is 4. The van der Waals surface area contributed by atoms with Gasteiger partial charge in [-0.3, -0.25) is 4.99 Å². The highest BCUT2D eigenvalue weighted by molar-refractivity contribution is 5.79. The summed E-state index contributed by atoms with van der Waals surface area (Å²) in [6, 6.07) is 10.3. The Balaban J connectivity index is 1.60. The van der Waals surface area contributed by atoms with Crippen molar-refractivity contribution in [3.05, 3.63) is 35.9 Å². The zero-order chi connectivity index (χ0) is 20.0. The lowest BCUT2D eigenvalue weighted by molar-refractivity contribution is 0.00984. The second kappa shape index (κ2) is 13.5. The minimum atomic E-state index is 0.358. The number of piperidine rings is 1. The average Bonchev–Trinajstić information content (AvgIpc) is 2.73. The Bertz CT molecular complexity index is 545. The maximum Gasteiger partial charge on any atom is 0.193 e. The molecule has 1 N–H and O–H groups in total. The molecule has 1 fully saturated rings. The Kier molecular flexibility index (Phi) is 10.9. The van der Waals surface area contributed by atoms with Crippen molar-refractivity contribution in [3.63, 3.8) is 0 Å². The maximum atomic E-state index is 5.94. The number of ether oxygens (including phenoxy) is 3. The molecule has 0 saturated carbocycles. The van der Waals surface area contributed by atoms with Crippen LogP contribution in [0.5, 0.6) is 0 Å². The second-order valence-electron chi connectivity index (χ2n) is 7.44. The predicted octanol–water partition coefficient (Wildman–Crippen LogP) is 2.93. The molecule has 0 aromatic heterocycles. The molecule has 1 unspecified atom stereocenters. The van der Waals surface area contributed by atoms with Gasteiger partial charge in [-0.05, 0) is 30.7 Å². The highest BCUT2D eigenvalue weighted by Gasteiger charge is 2.22. The van der Waals surface area contributed by atoms with E-state index in [0.29, 0.717) is 18.6 Å². The van der Waals surface area contributed by atoms with E-state index in [1.165, 1.54) is 5.56 Å². The number of hydrogen-bond donors (Lipinski definition) is 1. The van der Waals surface area contributed by atoms with E-state index in [4.69, 9.17) is 14.2 Å². The molecule has 0 bridgehead atoms. The van der Waals surface area contributed by atoms with Crippen molar-refractivity contribution in [3.8, 4) is 0 Å². The van der Waals surface area contributed by atoms with E-state index in [-0.39, 0.29) is 0 Å².